The van der Waals surface area contributed by atoms with Crippen molar-refractivity contribution in [3.05, 3.63) is 51.7 Å². The molecule has 3 nitrogen and oxygen atoms in total. The van der Waals surface area contributed by atoms with Gasteiger partial charge in [-0.1, -0.05) is 18.6 Å². The number of thiophene rings is 1. The lowest BCUT2D eigenvalue weighted by Gasteiger charge is -2.40. The Balaban J connectivity index is 1.59. The summed E-state index contributed by atoms with van der Waals surface area (Å²) in [7, 11) is 0. The summed E-state index contributed by atoms with van der Waals surface area (Å²) in [6, 6.07) is 11.2. The molecule has 114 valence electrons. The van der Waals surface area contributed by atoms with Crippen molar-refractivity contribution in [3.8, 4) is 0 Å². The van der Waals surface area contributed by atoms with Crippen LogP contribution >= 0.6 is 11.3 Å². The van der Waals surface area contributed by atoms with Gasteiger partial charge in [-0.2, -0.15) is 0 Å². The molecule has 1 fully saturated rings. The average Bonchev–Trinajstić information content (AvgIpc) is 3.09. The molecule has 0 spiro atoms. The summed E-state index contributed by atoms with van der Waals surface area (Å²) < 4.78 is 0. The van der Waals surface area contributed by atoms with Crippen molar-refractivity contribution >= 4 is 22.9 Å². The molecule has 3 heterocycles. The highest BCUT2D eigenvalue weighted by Crippen LogP contribution is 2.37. The molecular formula is C18H21N3S. The van der Waals surface area contributed by atoms with Crippen LogP contribution in [-0.4, -0.2) is 23.8 Å². The Morgan fingerprint density at radius 3 is 3.05 bits per heavy atom. The maximum Gasteiger partial charge on any atom is 0.140 e. The Morgan fingerprint density at radius 1 is 1.23 bits per heavy atom. The summed E-state index contributed by atoms with van der Waals surface area (Å²) in [6.07, 6.45) is 5.11. The summed E-state index contributed by atoms with van der Waals surface area (Å²) in [6.45, 7) is 2.45. The van der Waals surface area contributed by atoms with Gasteiger partial charge in [0, 0.05) is 18.3 Å². The second-order valence-electron chi connectivity index (χ2n) is 6.19. The molecule has 1 aromatic heterocycles. The van der Waals surface area contributed by atoms with E-state index in [2.05, 4.69) is 28.4 Å². The van der Waals surface area contributed by atoms with Gasteiger partial charge in [-0.3, -0.25) is 10.3 Å². The summed E-state index contributed by atoms with van der Waals surface area (Å²) in [5, 5.41) is 13.5. The molecule has 0 aliphatic carbocycles. The number of rotatable bonds is 2. The van der Waals surface area contributed by atoms with Crippen LogP contribution in [0.4, 0.5) is 5.69 Å². The topological polar surface area (TPSA) is 39.1 Å². The fourth-order valence-electron chi connectivity index (χ4n) is 3.71. The maximum atomic E-state index is 8.19. The largest absolute Gasteiger partial charge is 0.340 e. The zero-order valence-electron chi connectivity index (χ0n) is 12.6. The number of hydrogen-bond donors (Lipinski definition) is 2. The predicted octanol–water partition coefficient (Wildman–Crippen LogP) is 4.27. The Kier molecular flexibility index (Phi) is 3.72. The van der Waals surface area contributed by atoms with Gasteiger partial charge in [0.25, 0.3) is 0 Å². The van der Waals surface area contributed by atoms with E-state index in [0.717, 1.165) is 17.0 Å². The van der Waals surface area contributed by atoms with Crippen molar-refractivity contribution in [2.24, 2.45) is 0 Å². The molecule has 0 radical (unpaired) electrons. The van der Waals surface area contributed by atoms with E-state index < -0.39 is 0 Å². The van der Waals surface area contributed by atoms with Crippen molar-refractivity contribution in [2.75, 3.05) is 18.4 Å². The third-order valence-corrected chi connectivity index (χ3v) is 5.71. The molecule has 1 atom stereocenters. The lowest BCUT2D eigenvalue weighted by molar-refractivity contribution is 0.139. The molecular weight excluding hydrogens is 290 g/mol. The normalized spacial score (nSPS) is 21.0. The quantitative estimate of drug-likeness (QED) is 0.642. The van der Waals surface area contributed by atoms with Gasteiger partial charge in [0.2, 0.25) is 0 Å². The number of nitrogens with one attached hydrogen (secondary N) is 2. The Hall–Kier alpha value is -1.65. The molecule has 4 heteroatoms. The van der Waals surface area contributed by atoms with E-state index >= 15 is 0 Å². The van der Waals surface area contributed by atoms with E-state index in [9.17, 15) is 0 Å². The van der Waals surface area contributed by atoms with Gasteiger partial charge in [-0.15, -0.1) is 11.3 Å². The van der Waals surface area contributed by atoms with Crippen LogP contribution in [0.5, 0.6) is 0 Å². The van der Waals surface area contributed by atoms with E-state index in [0.29, 0.717) is 11.9 Å². The first-order valence-corrected chi connectivity index (χ1v) is 8.95. The number of benzene rings is 1. The molecule has 2 aliphatic rings. The lowest BCUT2D eigenvalue weighted by atomic mass is 9.86. The number of anilines is 1. The van der Waals surface area contributed by atoms with Crippen molar-refractivity contribution in [1.82, 2.24) is 4.90 Å². The first-order valence-electron chi connectivity index (χ1n) is 8.07. The highest BCUT2D eigenvalue weighted by Gasteiger charge is 2.29. The Bertz CT molecular complexity index is 678. The Morgan fingerprint density at radius 2 is 2.18 bits per heavy atom. The first kappa shape index (κ1) is 14.0. The molecule has 0 bridgehead atoms. The molecule has 2 aromatic rings. The minimum absolute atomic E-state index is 0.492. The smallest absolute Gasteiger partial charge is 0.140 e. The molecule has 2 aliphatic heterocycles. The first-order chi connectivity index (χ1) is 10.8. The van der Waals surface area contributed by atoms with Gasteiger partial charge in [-0.25, -0.2) is 0 Å². The fourth-order valence-corrected chi connectivity index (χ4v) is 4.34. The van der Waals surface area contributed by atoms with Gasteiger partial charge < -0.3 is 5.32 Å². The van der Waals surface area contributed by atoms with Crippen LogP contribution in [0.1, 0.15) is 41.3 Å². The lowest BCUT2D eigenvalue weighted by Crippen LogP contribution is -2.38. The second-order valence-corrected chi connectivity index (χ2v) is 7.14. The zero-order valence-corrected chi connectivity index (χ0v) is 13.5. The molecule has 1 unspecified atom stereocenters. The van der Waals surface area contributed by atoms with Crippen LogP contribution in [0.25, 0.3) is 0 Å². The standard InChI is InChI=1S/C18H21N3S/c19-18(17-5-3-11-22-17)20-14-7-6-13-8-10-21-9-2-1-4-16(21)15(13)12-14/h3,5-7,11-12,16H,1-2,4,8-10H2,(H2,19,20). The predicted molar refractivity (Wildman–Crippen MR) is 93.1 cm³/mol. The third kappa shape index (κ3) is 2.57. The number of fused-ring (bicyclic) bond motifs is 3. The highest BCUT2D eigenvalue weighted by molar-refractivity contribution is 7.12. The monoisotopic (exact) mass is 311 g/mol. The van der Waals surface area contributed by atoms with Crippen LogP contribution in [-0.2, 0) is 6.42 Å². The molecule has 22 heavy (non-hydrogen) atoms. The third-order valence-electron chi connectivity index (χ3n) is 4.82. The fraction of sp³-hybridized carbons (Fsp3) is 0.389. The zero-order chi connectivity index (χ0) is 14.9. The van der Waals surface area contributed by atoms with E-state index in [1.807, 2.05) is 17.5 Å². The molecule has 0 saturated carbocycles. The van der Waals surface area contributed by atoms with Gasteiger partial charge in [0.15, 0.2) is 0 Å². The average molecular weight is 311 g/mol. The summed E-state index contributed by atoms with van der Waals surface area (Å²) in [5.74, 6) is 0.492. The summed E-state index contributed by atoms with van der Waals surface area (Å²) >= 11 is 1.60. The van der Waals surface area contributed by atoms with Crippen molar-refractivity contribution < 1.29 is 0 Å². The van der Waals surface area contributed by atoms with Crippen LogP contribution in [0.3, 0.4) is 0 Å². The van der Waals surface area contributed by atoms with Crippen LogP contribution in [0.2, 0.25) is 0 Å². The molecule has 2 N–H and O–H groups in total. The van der Waals surface area contributed by atoms with Crippen molar-refractivity contribution in [1.29, 1.82) is 5.41 Å². The van der Waals surface area contributed by atoms with E-state index in [1.54, 1.807) is 11.3 Å². The number of piperidine rings is 1. The van der Waals surface area contributed by atoms with E-state index in [-0.39, 0.29) is 0 Å². The minimum atomic E-state index is 0.492. The highest BCUT2D eigenvalue weighted by atomic mass is 32.1. The molecule has 1 aromatic carbocycles. The van der Waals surface area contributed by atoms with Crippen LogP contribution in [0, 0.1) is 5.41 Å². The molecule has 4 rings (SSSR count). The minimum Gasteiger partial charge on any atom is -0.340 e. The van der Waals surface area contributed by atoms with Crippen molar-refractivity contribution in [2.45, 2.75) is 31.7 Å². The summed E-state index contributed by atoms with van der Waals surface area (Å²) in [5.41, 5.74) is 4.02. The SMILES string of the molecule is N=C(Nc1ccc2c(c1)C1CCCCN1CC2)c1cccs1. The number of amidine groups is 1. The van der Waals surface area contributed by atoms with Gasteiger partial charge in [0.1, 0.15) is 5.84 Å². The van der Waals surface area contributed by atoms with Crippen molar-refractivity contribution in [3.63, 3.8) is 0 Å². The van der Waals surface area contributed by atoms with E-state index in [4.69, 9.17) is 5.41 Å². The van der Waals surface area contributed by atoms with Gasteiger partial charge in [-0.05, 0) is 60.5 Å². The van der Waals surface area contributed by atoms with Gasteiger partial charge in [0.05, 0.1) is 4.88 Å². The van der Waals surface area contributed by atoms with Crippen LogP contribution in [0.15, 0.2) is 35.7 Å². The summed E-state index contributed by atoms with van der Waals surface area (Å²) in [4.78, 5) is 3.62. The Labute approximate surface area is 135 Å². The molecule has 0 amide bonds. The van der Waals surface area contributed by atoms with Crippen LogP contribution < -0.4 is 5.32 Å². The molecule has 1 saturated heterocycles. The maximum absolute atomic E-state index is 8.19. The van der Waals surface area contributed by atoms with Gasteiger partial charge >= 0.3 is 0 Å². The van der Waals surface area contributed by atoms with E-state index in [1.165, 1.54) is 43.5 Å². The number of nitrogens with zero attached hydrogens (tertiary/aromatic N) is 1. The number of hydrogen-bond acceptors (Lipinski definition) is 3. The second kappa shape index (κ2) is 5.86.